The van der Waals surface area contributed by atoms with E-state index in [1.54, 1.807) is 0 Å². The molecule has 1 amide bonds. The number of hydrogen-bond donors (Lipinski definition) is 0. The van der Waals surface area contributed by atoms with Crippen LogP contribution < -0.4 is 4.74 Å². The summed E-state index contributed by atoms with van der Waals surface area (Å²) in [6.07, 6.45) is 2.17. The van der Waals surface area contributed by atoms with Gasteiger partial charge in [0.2, 0.25) is 0 Å². The normalized spacial score (nSPS) is 16.4. The molecule has 0 saturated carbocycles. The van der Waals surface area contributed by atoms with E-state index in [1.165, 1.54) is 5.56 Å². The van der Waals surface area contributed by atoms with Crippen molar-refractivity contribution >= 4 is 21.8 Å². The predicted molar refractivity (Wildman–Crippen MR) is 79.8 cm³/mol. The summed E-state index contributed by atoms with van der Waals surface area (Å²) in [5.41, 5.74) is 1.19. The Bertz CT molecular complexity index is 411. The van der Waals surface area contributed by atoms with Crippen molar-refractivity contribution in [3.63, 3.8) is 0 Å². The smallest absolute Gasteiger partial charge is 0.260 e. The fourth-order valence-corrected chi connectivity index (χ4v) is 2.86. The Hall–Kier alpha value is -1.03. The Morgan fingerprint density at radius 3 is 2.53 bits per heavy atom. The average molecular weight is 326 g/mol. The highest BCUT2D eigenvalue weighted by Gasteiger charge is 2.22. The molecule has 1 aromatic rings. The number of aryl methyl sites for hydroxylation is 1. The molecule has 0 aliphatic carbocycles. The monoisotopic (exact) mass is 325 g/mol. The minimum atomic E-state index is 0.0913. The van der Waals surface area contributed by atoms with E-state index in [0.717, 1.165) is 37.0 Å². The van der Waals surface area contributed by atoms with Gasteiger partial charge in [-0.2, -0.15) is 0 Å². The molecule has 3 nitrogen and oxygen atoms in total. The molecular weight excluding hydrogens is 306 g/mol. The van der Waals surface area contributed by atoms with Gasteiger partial charge in [0.1, 0.15) is 5.75 Å². The molecule has 19 heavy (non-hydrogen) atoms. The Kier molecular flexibility index (Phi) is 5.25. The van der Waals surface area contributed by atoms with Crippen LogP contribution in [-0.2, 0) is 4.79 Å². The number of halogens is 1. The van der Waals surface area contributed by atoms with E-state index in [1.807, 2.05) is 36.1 Å². The van der Waals surface area contributed by atoms with Crippen molar-refractivity contribution in [1.29, 1.82) is 0 Å². The molecule has 1 heterocycles. The Balaban J connectivity index is 1.77. The van der Waals surface area contributed by atoms with Crippen LogP contribution in [0.15, 0.2) is 24.3 Å². The van der Waals surface area contributed by atoms with E-state index in [-0.39, 0.29) is 12.5 Å². The summed E-state index contributed by atoms with van der Waals surface area (Å²) in [4.78, 5) is 13.9. The fraction of sp³-hybridized carbons (Fsp3) is 0.533. The van der Waals surface area contributed by atoms with Crippen LogP contribution in [0, 0.1) is 12.8 Å². The lowest BCUT2D eigenvalue weighted by molar-refractivity contribution is -0.134. The molecule has 0 unspecified atom stereocenters. The van der Waals surface area contributed by atoms with Gasteiger partial charge in [0.05, 0.1) is 0 Å². The van der Waals surface area contributed by atoms with E-state index in [4.69, 9.17) is 4.74 Å². The van der Waals surface area contributed by atoms with Crippen molar-refractivity contribution in [2.75, 3.05) is 25.0 Å². The van der Waals surface area contributed by atoms with Crippen molar-refractivity contribution < 1.29 is 9.53 Å². The first-order chi connectivity index (χ1) is 9.19. The number of carbonyl (C=O) groups excluding carboxylic acids is 1. The van der Waals surface area contributed by atoms with Gasteiger partial charge in [-0.25, -0.2) is 0 Å². The van der Waals surface area contributed by atoms with Crippen LogP contribution in [0.2, 0.25) is 0 Å². The van der Waals surface area contributed by atoms with Crippen LogP contribution >= 0.6 is 15.9 Å². The first-order valence-electron chi connectivity index (χ1n) is 6.72. The van der Waals surface area contributed by atoms with Crippen molar-refractivity contribution in [1.82, 2.24) is 4.90 Å². The van der Waals surface area contributed by atoms with Gasteiger partial charge in [-0.3, -0.25) is 4.79 Å². The standard InChI is InChI=1S/C15H20BrNO2/c1-12-2-4-14(5-3-12)19-11-15(18)17-8-6-13(10-16)7-9-17/h2-5,13H,6-11H2,1H3. The Morgan fingerprint density at radius 2 is 1.95 bits per heavy atom. The predicted octanol–water partition coefficient (Wildman–Crippen LogP) is 3.01. The van der Waals surface area contributed by atoms with Gasteiger partial charge in [-0.15, -0.1) is 0 Å². The molecule has 0 radical (unpaired) electrons. The summed E-state index contributed by atoms with van der Waals surface area (Å²) in [5, 5.41) is 1.04. The summed E-state index contributed by atoms with van der Waals surface area (Å²) in [5.74, 6) is 1.56. The van der Waals surface area contributed by atoms with Crippen molar-refractivity contribution in [3.8, 4) is 5.75 Å². The number of piperidine rings is 1. The van der Waals surface area contributed by atoms with Gasteiger partial charge in [0.15, 0.2) is 6.61 Å². The lowest BCUT2D eigenvalue weighted by atomic mass is 9.99. The third-order valence-electron chi connectivity index (χ3n) is 3.57. The first-order valence-corrected chi connectivity index (χ1v) is 7.84. The number of carbonyl (C=O) groups is 1. The minimum absolute atomic E-state index is 0.0913. The third kappa shape index (κ3) is 4.23. The summed E-state index contributed by atoms with van der Waals surface area (Å²) >= 11 is 3.51. The highest BCUT2D eigenvalue weighted by atomic mass is 79.9. The van der Waals surface area contributed by atoms with Gasteiger partial charge in [-0.05, 0) is 37.8 Å². The SMILES string of the molecule is Cc1ccc(OCC(=O)N2CCC(CBr)CC2)cc1. The number of benzene rings is 1. The molecule has 1 saturated heterocycles. The number of nitrogens with zero attached hydrogens (tertiary/aromatic N) is 1. The third-order valence-corrected chi connectivity index (χ3v) is 4.48. The second-order valence-corrected chi connectivity index (χ2v) is 5.73. The van der Waals surface area contributed by atoms with Crippen LogP contribution in [0.3, 0.4) is 0 Å². The van der Waals surface area contributed by atoms with Crippen molar-refractivity contribution in [3.05, 3.63) is 29.8 Å². The largest absolute Gasteiger partial charge is 0.484 e. The summed E-state index contributed by atoms with van der Waals surface area (Å²) < 4.78 is 5.53. The van der Waals surface area contributed by atoms with Gasteiger partial charge in [-0.1, -0.05) is 33.6 Å². The fourth-order valence-electron chi connectivity index (χ4n) is 2.21. The number of amides is 1. The zero-order valence-electron chi connectivity index (χ0n) is 11.3. The van der Waals surface area contributed by atoms with Gasteiger partial charge in [0.25, 0.3) is 5.91 Å². The number of rotatable bonds is 4. The molecule has 0 bridgehead atoms. The van der Waals surface area contributed by atoms with Gasteiger partial charge < -0.3 is 9.64 Å². The molecule has 0 N–H and O–H groups in total. The average Bonchev–Trinajstić information content (AvgIpc) is 2.46. The first kappa shape index (κ1) is 14.4. The lowest BCUT2D eigenvalue weighted by Crippen LogP contribution is -2.41. The molecule has 4 heteroatoms. The van der Waals surface area contributed by atoms with Gasteiger partial charge >= 0.3 is 0 Å². The number of hydrogen-bond acceptors (Lipinski definition) is 2. The maximum atomic E-state index is 12.0. The van der Waals surface area contributed by atoms with Crippen LogP contribution in [0.1, 0.15) is 18.4 Å². The number of alkyl halides is 1. The lowest BCUT2D eigenvalue weighted by Gasteiger charge is -2.31. The van der Waals surface area contributed by atoms with E-state index >= 15 is 0 Å². The summed E-state index contributed by atoms with van der Waals surface area (Å²) in [6, 6.07) is 7.78. The van der Waals surface area contributed by atoms with E-state index in [0.29, 0.717) is 5.92 Å². The number of ether oxygens (including phenoxy) is 1. The maximum Gasteiger partial charge on any atom is 0.260 e. The highest BCUT2D eigenvalue weighted by Crippen LogP contribution is 2.19. The molecule has 0 spiro atoms. The quantitative estimate of drug-likeness (QED) is 0.796. The van der Waals surface area contributed by atoms with Crippen LogP contribution in [0.5, 0.6) is 5.75 Å². The van der Waals surface area contributed by atoms with E-state index in [2.05, 4.69) is 15.9 Å². The molecule has 2 rings (SSSR count). The molecule has 0 aromatic heterocycles. The zero-order chi connectivity index (χ0) is 13.7. The second kappa shape index (κ2) is 6.94. The summed E-state index contributed by atoms with van der Waals surface area (Å²) in [6.45, 7) is 3.88. The molecule has 1 aliphatic heterocycles. The van der Waals surface area contributed by atoms with Crippen molar-refractivity contribution in [2.24, 2.45) is 5.92 Å². The molecule has 1 aromatic carbocycles. The van der Waals surface area contributed by atoms with Crippen molar-refractivity contribution in [2.45, 2.75) is 19.8 Å². The summed E-state index contributed by atoms with van der Waals surface area (Å²) in [7, 11) is 0. The maximum absolute atomic E-state index is 12.0. The highest BCUT2D eigenvalue weighted by molar-refractivity contribution is 9.09. The van der Waals surface area contributed by atoms with Crippen LogP contribution in [0.4, 0.5) is 0 Å². The molecule has 0 atom stereocenters. The molecule has 104 valence electrons. The molecule has 1 aliphatic rings. The molecule has 1 fully saturated rings. The van der Waals surface area contributed by atoms with Crippen LogP contribution in [-0.4, -0.2) is 35.8 Å². The number of likely N-dealkylation sites (tertiary alicyclic amines) is 1. The minimum Gasteiger partial charge on any atom is -0.484 e. The van der Waals surface area contributed by atoms with Gasteiger partial charge in [0, 0.05) is 18.4 Å². The van der Waals surface area contributed by atoms with E-state index < -0.39 is 0 Å². The zero-order valence-corrected chi connectivity index (χ0v) is 12.9. The topological polar surface area (TPSA) is 29.5 Å². The Morgan fingerprint density at radius 1 is 1.32 bits per heavy atom. The van der Waals surface area contributed by atoms with E-state index in [9.17, 15) is 4.79 Å². The second-order valence-electron chi connectivity index (χ2n) is 5.08. The Labute approximate surface area is 123 Å². The van der Waals surface area contributed by atoms with Crippen LogP contribution in [0.25, 0.3) is 0 Å². The molecular formula is C15H20BrNO2.